The van der Waals surface area contributed by atoms with Gasteiger partial charge in [-0.25, -0.2) is 17.2 Å². The number of ether oxygens (including phenoxy) is 1. The minimum Gasteiger partial charge on any atom is -0.486 e. The zero-order chi connectivity index (χ0) is 21.2. The standard InChI is InChI=1S/C19H20F2N2O5S/c1-23(2)13-8-7-12-9-16(28-15(12)10-13)19(24)22-29(25,26)17-6-4-3-5-14(17)27-11-18(20)21/h3-10,18-19,22,24H,11H2,1-2H3. The lowest BCUT2D eigenvalue weighted by molar-refractivity contribution is 0.0803. The van der Waals surface area contributed by atoms with E-state index in [1.165, 1.54) is 30.3 Å². The Labute approximate surface area is 166 Å². The maximum absolute atomic E-state index is 12.7. The Morgan fingerprint density at radius 3 is 2.59 bits per heavy atom. The first-order valence-corrected chi connectivity index (χ1v) is 10.1. The average molecular weight is 426 g/mol. The quantitative estimate of drug-likeness (QED) is 0.538. The summed E-state index contributed by atoms with van der Waals surface area (Å²) in [5.41, 5.74) is 1.35. The number of hydrogen-bond donors (Lipinski definition) is 2. The van der Waals surface area contributed by atoms with Gasteiger partial charge in [0, 0.05) is 31.2 Å². The Kier molecular flexibility index (Phi) is 6.06. The molecule has 0 amide bonds. The molecular weight excluding hydrogens is 406 g/mol. The Balaban J connectivity index is 1.84. The van der Waals surface area contributed by atoms with Crippen molar-refractivity contribution >= 4 is 26.7 Å². The second-order valence-electron chi connectivity index (χ2n) is 6.44. The number of aliphatic hydroxyl groups is 1. The molecule has 0 spiro atoms. The van der Waals surface area contributed by atoms with Crippen molar-refractivity contribution in [3.8, 4) is 5.75 Å². The molecule has 0 aliphatic rings. The Hall–Kier alpha value is -2.69. The lowest BCUT2D eigenvalue weighted by Crippen LogP contribution is -2.28. The molecule has 0 saturated carbocycles. The van der Waals surface area contributed by atoms with Crippen molar-refractivity contribution < 1.29 is 31.5 Å². The van der Waals surface area contributed by atoms with Gasteiger partial charge in [0.25, 0.3) is 6.43 Å². The molecule has 2 N–H and O–H groups in total. The molecule has 1 atom stereocenters. The van der Waals surface area contributed by atoms with Crippen molar-refractivity contribution in [2.45, 2.75) is 17.5 Å². The average Bonchev–Trinajstić information content (AvgIpc) is 3.09. The summed E-state index contributed by atoms with van der Waals surface area (Å²) in [6.45, 7) is -0.952. The van der Waals surface area contributed by atoms with E-state index in [0.717, 1.165) is 5.69 Å². The van der Waals surface area contributed by atoms with Crippen LogP contribution in [0, 0.1) is 0 Å². The molecule has 1 aromatic heterocycles. The van der Waals surface area contributed by atoms with Crippen molar-refractivity contribution in [3.05, 3.63) is 54.3 Å². The van der Waals surface area contributed by atoms with E-state index in [1.807, 2.05) is 25.1 Å². The van der Waals surface area contributed by atoms with Crippen molar-refractivity contribution in [2.75, 3.05) is 25.6 Å². The van der Waals surface area contributed by atoms with Crippen LogP contribution in [0.15, 0.2) is 57.8 Å². The lowest BCUT2D eigenvalue weighted by Gasteiger charge is -2.14. The first-order valence-electron chi connectivity index (χ1n) is 8.58. The zero-order valence-electron chi connectivity index (χ0n) is 15.7. The van der Waals surface area contributed by atoms with Gasteiger partial charge in [-0.15, -0.1) is 0 Å². The number of nitrogens with one attached hydrogen (secondary N) is 1. The van der Waals surface area contributed by atoms with Gasteiger partial charge in [-0.2, -0.15) is 4.72 Å². The fourth-order valence-corrected chi connectivity index (χ4v) is 3.85. The van der Waals surface area contributed by atoms with Crippen LogP contribution in [-0.2, 0) is 10.0 Å². The van der Waals surface area contributed by atoms with E-state index in [1.54, 1.807) is 12.1 Å². The Bertz CT molecular complexity index is 1100. The lowest BCUT2D eigenvalue weighted by atomic mass is 10.2. The number of nitrogens with zero attached hydrogens (tertiary/aromatic N) is 1. The Morgan fingerprint density at radius 1 is 1.17 bits per heavy atom. The fourth-order valence-electron chi connectivity index (χ4n) is 2.67. The number of rotatable bonds is 8. The van der Waals surface area contributed by atoms with Gasteiger partial charge in [0.2, 0.25) is 10.0 Å². The van der Waals surface area contributed by atoms with Crippen LogP contribution in [-0.4, -0.2) is 40.7 Å². The van der Waals surface area contributed by atoms with Gasteiger partial charge in [0.1, 0.15) is 28.6 Å². The predicted octanol–water partition coefficient (Wildman–Crippen LogP) is 3.11. The third kappa shape index (κ3) is 4.84. The highest BCUT2D eigenvalue weighted by atomic mass is 32.2. The highest BCUT2D eigenvalue weighted by molar-refractivity contribution is 7.89. The summed E-state index contributed by atoms with van der Waals surface area (Å²) in [7, 11) is -0.558. The van der Waals surface area contributed by atoms with Gasteiger partial charge in [-0.1, -0.05) is 12.1 Å². The van der Waals surface area contributed by atoms with Gasteiger partial charge in [-0.05, 0) is 30.3 Å². The van der Waals surface area contributed by atoms with Gasteiger partial charge in [-0.3, -0.25) is 0 Å². The van der Waals surface area contributed by atoms with Gasteiger partial charge in [0.15, 0.2) is 6.23 Å². The highest BCUT2D eigenvalue weighted by Gasteiger charge is 2.25. The number of furan rings is 1. The summed E-state index contributed by atoms with van der Waals surface area (Å²) in [5.74, 6) is -0.252. The van der Waals surface area contributed by atoms with Gasteiger partial charge < -0.3 is 19.2 Å². The highest BCUT2D eigenvalue weighted by Crippen LogP contribution is 2.29. The van der Waals surface area contributed by atoms with Crippen molar-refractivity contribution in [1.82, 2.24) is 4.72 Å². The second-order valence-corrected chi connectivity index (χ2v) is 8.12. The first kappa shape index (κ1) is 21.0. The van der Waals surface area contributed by atoms with Crippen LogP contribution in [0.5, 0.6) is 5.75 Å². The third-order valence-electron chi connectivity index (χ3n) is 4.08. The van der Waals surface area contributed by atoms with Crippen LogP contribution >= 0.6 is 0 Å². The Morgan fingerprint density at radius 2 is 1.90 bits per heavy atom. The van der Waals surface area contributed by atoms with Crippen molar-refractivity contribution in [1.29, 1.82) is 0 Å². The molecule has 29 heavy (non-hydrogen) atoms. The van der Waals surface area contributed by atoms with Crippen LogP contribution in [0.25, 0.3) is 11.0 Å². The van der Waals surface area contributed by atoms with E-state index >= 15 is 0 Å². The molecule has 0 fully saturated rings. The summed E-state index contributed by atoms with van der Waals surface area (Å²) >= 11 is 0. The maximum Gasteiger partial charge on any atom is 0.272 e. The zero-order valence-corrected chi connectivity index (χ0v) is 16.5. The summed E-state index contributed by atoms with van der Waals surface area (Å²) < 4.78 is 62.7. The monoisotopic (exact) mass is 426 g/mol. The van der Waals surface area contributed by atoms with E-state index in [-0.39, 0.29) is 16.4 Å². The molecule has 7 nitrogen and oxygen atoms in total. The van der Waals surface area contributed by atoms with E-state index in [9.17, 15) is 22.3 Å². The number of benzene rings is 2. The molecule has 2 aromatic carbocycles. The van der Waals surface area contributed by atoms with Crippen LogP contribution in [0.1, 0.15) is 12.0 Å². The minimum atomic E-state index is -4.28. The molecule has 1 unspecified atom stereocenters. The minimum absolute atomic E-state index is 0.00883. The van der Waals surface area contributed by atoms with Crippen LogP contribution < -0.4 is 14.4 Å². The number of anilines is 1. The molecule has 0 aliphatic carbocycles. The number of aliphatic hydroxyl groups excluding tert-OH is 1. The fraction of sp³-hybridized carbons (Fsp3) is 0.263. The third-order valence-corrected chi connectivity index (χ3v) is 5.53. The van der Waals surface area contributed by atoms with Crippen LogP contribution in [0.3, 0.4) is 0 Å². The number of fused-ring (bicyclic) bond motifs is 1. The van der Waals surface area contributed by atoms with Crippen molar-refractivity contribution in [2.24, 2.45) is 0 Å². The molecule has 0 saturated heterocycles. The van der Waals surface area contributed by atoms with E-state index < -0.39 is 29.3 Å². The second kappa shape index (κ2) is 8.36. The van der Waals surface area contributed by atoms with Crippen LogP contribution in [0.2, 0.25) is 0 Å². The predicted molar refractivity (Wildman–Crippen MR) is 104 cm³/mol. The molecule has 0 bridgehead atoms. The number of sulfonamides is 1. The van der Waals surface area contributed by atoms with Crippen LogP contribution in [0.4, 0.5) is 14.5 Å². The summed E-state index contributed by atoms with van der Waals surface area (Å²) in [6.07, 6.45) is -4.44. The van der Waals surface area contributed by atoms with Crippen molar-refractivity contribution in [3.63, 3.8) is 0 Å². The van der Waals surface area contributed by atoms with E-state index in [0.29, 0.717) is 11.0 Å². The van der Waals surface area contributed by atoms with Gasteiger partial charge >= 0.3 is 0 Å². The molecule has 0 radical (unpaired) electrons. The molecule has 3 rings (SSSR count). The molecule has 156 valence electrons. The topological polar surface area (TPSA) is 92.0 Å². The smallest absolute Gasteiger partial charge is 0.272 e. The number of halogens is 2. The normalized spacial score (nSPS) is 13.0. The number of para-hydroxylation sites is 1. The summed E-state index contributed by atoms with van der Waals surface area (Å²) in [5, 5.41) is 11.0. The largest absolute Gasteiger partial charge is 0.486 e. The van der Waals surface area contributed by atoms with E-state index in [4.69, 9.17) is 9.15 Å². The van der Waals surface area contributed by atoms with E-state index in [2.05, 4.69) is 4.72 Å². The molecule has 10 heteroatoms. The maximum atomic E-state index is 12.7. The first-order chi connectivity index (χ1) is 13.7. The van der Waals surface area contributed by atoms with Gasteiger partial charge in [0.05, 0.1) is 0 Å². The summed E-state index contributed by atoms with van der Waals surface area (Å²) in [4.78, 5) is 1.50. The summed E-state index contributed by atoms with van der Waals surface area (Å²) in [6, 6.07) is 12.2. The molecular formula is C19H20F2N2O5S. The molecule has 1 heterocycles. The number of alkyl halides is 2. The molecule has 3 aromatic rings. The number of hydrogen-bond acceptors (Lipinski definition) is 6. The SMILES string of the molecule is CN(C)c1ccc2cc(C(O)NS(=O)(=O)c3ccccc3OCC(F)F)oc2c1. The molecule has 0 aliphatic heterocycles.